The van der Waals surface area contributed by atoms with E-state index in [4.69, 9.17) is 21.4 Å². The molecule has 8 rings (SSSR count). The number of imide groups is 1. The van der Waals surface area contributed by atoms with E-state index in [0.29, 0.717) is 31.6 Å². The smallest absolute Gasteiger partial charge is 0.233 e. The fourth-order valence-corrected chi connectivity index (χ4v) is 9.55. The Balaban J connectivity index is 0.000000167. The molecule has 3 aliphatic heterocycles. The van der Waals surface area contributed by atoms with Crippen LogP contribution < -0.4 is 4.90 Å². The van der Waals surface area contributed by atoms with Crippen LogP contribution in [0.25, 0.3) is 0 Å². The number of ether oxygens (including phenoxy) is 1. The first-order chi connectivity index (χ1) is 26.5. The molecule has 1 aromatic heterocycles. The number of benzene rings is 2. The third kappa shape index (κ3) is 9.32. The van der Waals surface area contributed by atoms with E-state index in [1.54, 1.807) is 17.3 Å². The van der Waals surface area contributed by atoms with Gasteiger partial charge in [0.05, 0.1) is 37.7 Å². The number of hydrogen-bond donors (Lipinski definition) is 1. The number of aliphatic hydroxyl groups is 1. The Hall–Kier alpha value is -3.45. The van der Waals surface area contributed by atoms with Gasteiger partial charge in [0.1, 0.15) is 0 Å². The van der Waals surface area contributed by atoms with Crippen LogP contribution in [-0.2, 0) is 14.3 Å². The number of nitrogens with zero attached hydrogens (tertiary/aromatic N) is 7. The van der Waals surface area contributed by atoms with Crippen LogP contribution in [0.3, 0.4) is 0 Å². The largest absolute Gasteiger partial charge is 0.394 e. The van der Waals surface area contributed by atoms with Gasteiger partial charge in [0.2, 0.25) is 17.8 Å². The van der Waals surface area contributed by atoms with E-state index in [-0.39, 0.29) is 36.3 Å². The van der Waals surface area contributed by atoms with Gasteiger partial charge in [-0.15, -0.1) is 0 Å². The molecule has 3 aromatic rings. The molecule has 5 atom stereocenters. The summed E-state index contributed by atoms with van der Waals surface area (Å²) in [6.45, 7) is 11.7. The number of aromatic nitrogens is 2. The van der Waals surface area contributed by atoms with Crippen LogP contribution in [0, 0.1) is 23.7 Å². The van der Waals surface area contributed by atoms with Gasteiger partial charge in [-0.1, -0.05) is 54.1 Å². The summed E-state index contributed by atoms with van der Waals surface area (Å²) in [4.78, 5) is 45.4. The second-order valence-corrected chi connectivity index (χ2v) is 15.8. The zero-order valence-electron chi connectivity index (χ0n) is 31.4. The van der Waals surface area contributed by atoms with Gasteiger partial charge in [0.15, 0.2) is 0 Å². The Morgan fingerprint density at radius 2 is 1.30 bits per heavy atom. The molecule has 1 N–H and O–H groups in total. The summed E-state index contributed by atoms with van der Waals surface area (Å²) < 4.78 is 5.39. The van der Waals surface area contributed by atoms with Crippen LogP contribution in [0.5, 0.6) is 0 Å². The highest BCUT2D eigenvalue weighted by molar-refractivity contribution is 6.30. The molecule has 0 spiro atoms. The monoisotopic (exact) mass is 757 g/mol. The normalized spacial score (nSPS) is 25.1. The van der Waals surface area contributed by atoms with Gasteiger partial charge in [0.25, 0.3) is 0 Å². The third-order valence-electron chi connectivity index (χ3n) is 12.2. The minimum absolute atomic E-state index is 0.0273. The van der Waals surface area contributed by atoms with Gasteiger partial charge < -0.3 is 14.7 Å². The molecule has 2 amide bonds. The van der Waals surface area contributed by atoms with Gasteiger partial charge in [-0.25, -0.2) is 9.97 Å². The fraction of sp³-hybridized carbons (Fsp3) is 0.571. The predicted molar refractivity (Wildman–Crippen MR) is 210 cm³/mol. The maximum atomic E-state index is 12.7. The van der Waals surface area contributed by atoms with Gasteiger partial charge >= 0.3 is 0 Å². The lowest BCUT2D eigenvalue weighted by Crippen LogP contribution is -2.48. The maximum Gasteiger partial charge on any atom is 0.233 e. The van der Waals surface area contributed by atoms with Gasteiger partial charge in [0, 0.05) is 82.9 Å². The van der Waals surface area contributed by atoms with Gasteiger partial charge in [-0.05, 0) is 79.8 Å². The minimum atomic E-state index is 0.0273. The molecule has 2 saturated carbocycles. The van der Waals surface area contributed by atoms with Crippen LogP contribution in [-0.4, -0.2) is 138 Å². The lowest BCUT2D eigenvalue weighted by atomic mass is 9.81. The quantitative estimate of drug-likeness (QED) is 0.187. The van der Waals surface area contributed by atoms with E-state index in [1.807, 2.05) is 18.2 Å². The van der Waals surface area contributed by atoms with Gasteiger partial charge in [-0.3, -0.25) is 29.2 Å². The molecular formula is C42H56ClN7O4. The van der Waals surface area contributed by atoms with Crippen LogP contribution in [0.15, 0.2) is 73.1 Å². The Kier molecular flexibility index (Phi) is 13.6. The van der Waals surface area contributed by atoms with Crippen molar-refractivity contribution in [1.29, 1.82) is 0 Å². The summed E-state index contributed by atoms with van der Waals surface area (Å²) in [5, 5.41) is 9.55. The highest BCUT2D eigenvalue weighted by atomic mass is 35.5. The molecular weight excluding hydrogens is 702 g/mol. The third-order valence-corrected chi connectivity index (χ3v) is 12.4. The number of piperazine rings is 2. The number of likely N-dealkylation sites (tertiary alicyclic amines) is 1. The minimum Gasteiger partial charge on any atom is -0.394 e. The van der Waals surface area contributed by atoms with Crippen molar-refractivity contribution in [3.05, 3.63) is 89.2 Å². The number of anilines is 1. The first-order valence-electron chi connectivity index (χ1n) is 20.0. The summed E-state index contributed by atoms with van der Waals surface area (Å²) in [6.07, 6.45) is 8.93. The number of fused-ring (bicyclic) bond motifs is 5. The van der Waals surface area contributed by atoms with Crippen molar-refractivity contribution in [3.8, 4) is 0 Å². The van der Waals surface area contributed by atoms with Crippen molar-refractivity contribution < 1.29 is 19.4 Å². The summed E-state index contributed by atoms with van der Waals surface area (Å²) >= 11 is 6.09. The average Bonchev–Trinajstić information content (AvgIpc) is 3.91. The molecule has 2 bridgehead atoms. The second kappa shape index (κ2) is 18.9. The number of aliphatic hydroxyl groups excluding tert-OH is 1. The predicted octanol–water partition coefficient (Wildman–Crippen LogP) is 4.47. The molecule has 4 heterocycles. The maximum absolute atomic E-state index is 12.7. The number of halogens is 1. The Labute approximate surface area is 325 Å². The van der Waals surface area contributed by atoms with Crippen molar-refractivity contribution >= 4 is 29.4 Å². The zero-order chi connectivity index (χ0) is 37.3. The van der Waals surface area contributed by atoms with E-state index < -0.39 is 0 Å². The Bertz CT molecular complexity index is 1590. The molecule has 12 heteroatoms. The standard InChI is InChI=1S/C21H27ClN2O2.C21H29N5O2/c22-20-8-6-19(7-9-20)21(18-4-2-1-3-5-18)24-12-10-23(11-13-24)14-16-26-17-15-25;27-19-17-15-4-5-16(14-15)18(17)20(28)26(19)9-2-1-8-24-10-12-25(13-11-24)21-22-6-3-7-23-21/h1-9,21,25H,10-17H2;3,6-7,15-18H,1-2,4-5,8-14H2/t;15-,16+,17+,18-. The number of unbranched alkanes of at least 4 members (excludes halogenated alkanes) is 1. The topological polar surface area (TPSA) is 106 Å². The summed E-state index contributed by atoms with van der Waals surface area (Å²) in [5.74, 6) is 2.12. The van der Waals surface area contributed by atoms with E-state index >= 15 is 0 Å². The molecule has 3 saturated heterocycles. The number of amides is 2. The Morgan fingerprint density at radius 1 is 0.704 bits per heavy atom. The summed E-state index contributed by atoms with van der Waals surface area (Å²) in [7, 11) is 0. The molecule has 290 valence electrons. The second-order valence-electron chi connectivity index (χ2n) is 15.4. The van der Waals surface area contributed by atoms with E-state index in [9.17, 15) is 9.59 Å². The SMILES string of the molecule is O=C1[C@@H]2[C@H]3CC[C@H](C3)[C@@H]2C(=O)N1CCCCN1CCN(c2ncccn2)CC1.OCCOCCN1CCN(C(c2ccccc2)c2ccc(Cl)cc2)CC1. The van der Waals surface area contributed by atoms with Crippen molar-refractivity contribution in [3.63, 3.8) is 0 Å². The molecule has 2 aromatic carbocycles. The lowest BCUT2D eigenvalue weighted by Gasteiger charge is -2.39. The average molecular weight is 758 g/mol. The van der Waals surface area contributed by atoms with Crippen LogP contribution >= 0.6 is 11.6 Å². The van der Waals surface area contributed by atoms with Crippen molar-refractivity contribution in [2.24, 2.45) is 23.7 Å². The van der Waals surface area contributed by atoms with Gasteiger partial charge in [-0.2, -0.15) is 0 Å². The molecule has 2 aliphatic carbocycles. The van der Waals surface area contributed by atoms with E-state index in [0.717, 1.165) is 109 Å². The summed E-state index contributed by atoms with van der Waals surface area (Å²) in [6, 6.07) is 21.0. The molecule has 5 fully saturated rings. The van der Waals surface area contributed by atoms with Crippen LogP contribution in [0.4, 0.5) is 5.95 Å². The summed E-state index contributed by atoms with van der Waals surface area (Å²) in [5.41, 5.74) is 2.59. The number of carbonyl (C=O) groups is 2. The molecule has 5 aliphatic rings. The van der Waals surface area contributed by atoms with Crippen molar-refractivity contribution in [2.45, 2.75) is 38.1 Å². The highest BCUT2D eigenvalue weighted by Gasteiger charge is 2.60. The van der Waals surface area contributed by atoms with Crippen molar-refractivity contribution in [1.82, 2.24) is 29.6 Å². The molecule has 1 unspecified atom stereocenters. The van der Waals surface area contributed by atoms with Crippen LogP contribution in [0.1, 0.15) is 49.3 Å². The lowest BCUT2D eigenvalue weighted by molar-refractivity contribution is -0.140. The van der Waals surface area contributed by atoms with E-state index in [2.05, 4.69) is 72.0 Å². The van der Waals surface area contributed by atoms with Crippen LogP contribution in [0.2, 0.25) is 5.02 Å². The zero-order valence-corrected chi connectivity index (χ0v) is 32.2. The first-order valence-corrected chi connectivity index (χ1v) is 20.4. The Morgan fingerprint density at radius 3 is 1.94 bits per heavy atom. The van der Waals surface area contributed by atoms with E-state index in [1.165, 1.54) is 11.1 Å². The first kappa shape index (κ1) is 38.8. The highest BCUT2D eigenvalue weighted by Crippen LogP contribution is 2.56. The van der Waals surface area contributed by atoms with Crippen molar-refractivity contribution in [2.75, 3.05) is 96.7 Å². The number of carbonyl (C=O) groups excluding carboxylic acids is 2. The molecule has 11 nitrogen and oxygen atoms in total. The number of rotatable bonds is 14. The molecule has 0 radical (unpaired) electrons. The molecule has 54 heavy (non-hydrogen) atoms. The fourth-order valence-electron chi connectivity index (χ4n) is 9.42. The number of hydrogen-bond acceptors (Lipinski definition) is 10.